The van der Waals surface area contributed by atoms with Crippen molar-refractivity contribution < 1.29 is 9.90 Å². The van der Waals surface area contributed by atoms with Crippen LogP contribution < -0.4 is 5.73 Å². The number of carbonyl (C=O) groups is 1. The fourth-order valence-corrected chi connectivity index (χ4v) is 1.88. The Morgan fingerprint density at radius 2 is 2.44 bits per heavy atom. The number of likely N-dealkylation sites (tertiary alicyclic amines) is 1. The fraction of sp³-hybridized carbons (Fsp3) is 0.455. The van der Waals surface area contributed by atoms with Crippen molar-refractivity contribution in [2.75, 3.05) is 13.1 Å². The van der Waals surface area contributed by atoms with Crippen LogP contribution in [0.2, 0.25) is 0 Å². The average Bonchev–Trinajstić information content (AvgIpc) is 2.65. The van der Waals surface area contributed by atoms with Gasteiger partial charge < -0.3 is 10.8 Å². The maximum Gasteiger partial charge on any atom is 0.337 e. The second kappa shape index (κ2) is 4.59. The molecule has 86 valence electrons. The molecule has 1 aliphatic rings. The molecule has 0 aromatic carbocycles. The van der Waals surface area contributed by atoms with E-state index >= 15 is 0 Å². The molecule has 5 nitrogen and oxygen atoms in total. The second-order valence-corrected chi connectivity index (χ2v) is 4.13. The van der Waals surface area contributed by atoms with Gasteiger partial charge in [0.25, 0.3) is 0 Å². The summed E-state index contributed by atoms with van der Waals surface area (Å²) in [5.41, 5.74) is 6.91. The van der Waals surface area contributed by atoms with Crippen LogP contribution in [0.5, 0.6) is 0 Å². The van der Waals surface area contributed by atoms with E-state index in [0.717, 1.165) is 31.7 Å². The molecule has 3 N–H and O–H groups in total. The monoisotopic (exact) mass is 221 g/mol. The summed E-state index contributed by atoms with van der Waals surface area (Å²) >= 11 is 0. The van der Waals surface area contributed by atoms with Crippen LogP contribution >= 0.6 is 0 Å². The highest BCUT2D eigenvalue weighted by Crippen LogP contribution is 2.11. The van der Waals surface area contributed by atoms with Crippen LogP contribution in [0.15, 0.2) is 18.3 Å². The van der Waals surface area contributed by atoms with Gasteiger partial charge in [-0.25, -0.2) is 4.79 Å². The molecule has 1 fully saturated rings. The zero-order chi connectivity index (χ0) is 11.5. The van der Waals surface area contributed by atoms with E-state index in [1.807, 2.05) is 0 Å². The van der Waals surface area contributed by atoms with Gasteiger partial charge >= 0.3 is 5.97 Å². The van der Waals surface area contributed by atoms with Crippen molar-refractivity contribution in [3.8, 4) is 0 Å². The van der Waals surface area contributed by atoms with E-state index in [1.54, 1.807) is 12.1 Å². The molecule has 0 aliphatic carbocycles. The number of aromatic carboxylic acids is 1. The molecule has 1 saturated heterocycles. The van der Waals surface area contributed by atoms with E-state index in [-0.39, 0.29) is 11.6 Å². The molecule has 2 rings (SSSR count). The van der Waals surface area contributed by atoms with Gasteiger partial charge in [0.2, 0.25) is 0 Å². The molecule has 0 amide bonds. The lowest BCUT2D eigenvalue weighted by atomic mass is 10.2. The minimum absolute atomic E-state index is 0.224. The van der Waals surface area contributed by atoms with Gasteiger partial charge in [0.1, 0.15) is 0 Å². The Bertz CT molecular complexity index is 377. The highest BCUT2D eigenvalue weighted by Gasteiger charge is 2.19. The predicted molar refractivity (Wildman–Crippen MR) is 59.1 cm³/mol. The lowest BCUT2D eigenvalue weighted by molar-refractivity contribution is 0.0696. The van der Waals surface area contributed by atoms with Crippen LogP contribution in [-0.2, 0) is 6.54 Å². The average molecular weight is 221 g/mol. The molecular weight excluding hydrogens is 206 g/mol. The molecule has 1 aromatic rings. The first-order valence-electron chi connectivity index (χ1n) is 5.31. The number of carboxylic acid groups (broad SMARTS) is 1. The Labute approximate surface area is 93.9 Å². The summed E-state index contributed by atoms with van der Waals surface area (Å²) < 4.78 is 0. The maximum absolute atomic E-state index is 10.6. The van der Waals surface area contributed by atoms with Crippen molar-refractivity contribution in [2.24, 2.45) is 5.73 Å². The van der Waals surface area contributed by atoms with Crippen molar-refractivity contribution in [3.63, 3.8) is 0 Å². The third-order valence-corrected chi connectivity index (χ3v) is 2.77. The molecule has 1 aromatic heterocycles. The summed E-state index contributed by atoms with van der Waals surface area (Å²) in [7, 11) is 0. The number of hydrogen-bond donors (Lipinski definition) is 2. The first-order chi connectivity index (χ1) is 7.65. The van der Waals surface area contributed by atoms with Crippen LogP contribution in [0, 0.1) is 0 Å². The number of aromatic nitrogens is 1. The van der Waals surface area contributed by atoms with Crippen molar-refractivity contribution in [1.82, 2.24) is 9.88 Å². The standard InChI is InChI=1S/C11H15N3O2/c12-9-3-4-14(6-9)7-10-2-1-8(5-13-10)11(15)16/h1-2,5,9H,3-4,6-7,12H2,(H,15,16). The van der Waals surface area contributed by atoms with Gasteiger partial charge in [0.05, 0.1) is 11.3 Å². The van der Waals surface area contributed by atoms with Gasteiger partial charge in [0, 0.05) is 31.9 Å². The van der Waals surface area contributed by atoms with Gasteiger partial charge in [-0.3, -0.25) is 9.88 Å². The predicted octanol–water partition coefficient (Wildman–Crippen LogP) is 0.313. The van der Waals surface area contributed by atoms with E-state index in [2.05, 4.69) is 9.88 Å². The summed E-state index contributed by atoms with van der Waals surface area (Å²) in [5, 5.41) is 8.73. The van der Waals surface area contributed by atoms with Gasteiger partial charge in [-0.15, -0.1) is 0 Å². The molecule has 0 bridgehead atoms. The molecule has 1 aliphatic heterocycles. The Kier molecular flexibility index (Phi) is 3.17. The van der Waals surface area contributed by atoms with Crippen LogP contribution in [0.3, 0.4) is 0 Å². The number of nitrogens with two attached hydrogens (primary N) is 1. The Hall–Kier alpha value is -1.46. The molecule has 0 saturated carbocycles. The third kappa shape index (κ3) is 2.56. The van der Waals surface area contributed by atoms with Gasteiger partial charge in [-0.05, 0) is 18.6 Å². The van der Waals surface area contributed by atoms with Crippen molar-refractivity contribution >= 4 is 5.97 Å². The summed E-state index contributed by atoms with van der Waals surface area (Å²) in [6, 6.07) is 3.60. The van der Waals surface area contributed by atoms with Crippen LogP contribution in [0.25, 0.3) is 0 Å². The molecular formula is C11H15N3O2. The molecule has 1 atom stereocenters. The van der Waals surface area contributed by atoms with Crippen LogP contribution in [0.1, 0.15) is 22.5 Å². The lowest BCUT2D eigenvalue weighted by Gasteiger charge is -2.14. The smallest absolute Gasteiger partial charge is 0.337 e. The van der Waals surface area contributed by atoms with Gasteiger partial charge in [-0.1, -0.05) is 0 Å². The maximum atomic E-state index is 10.6. The normalized spacial score (nSPS) is 21.2. The van der Waals surface area contributed by atoms with E-state index in [9.17, 15) is 4.79 Å². The number of pyridine rings is 1. The summed E-state index contributed by atoms with van der Waals surface area (Å²) in [6.07, 6.45) is 2.42. The van der Waals surface area contributed by atoms with E-state index < -0.39 is 5.97 Å². The topological polar surface area (TPSA) is 79.5 Å². The molecule has 5 heteroatoms. The summed E-state index contributed by atoms with van der Waals surface area (Å²) in [4.78, 5) is 17.0. The molecule has 0 radical (unpaired) electrons. The first-order valence-corrected chi connectivity index (χ1v) is 5.31. The van der Waals surface area contributed by atoms with Gasteiger partial charge in [0.15, 0.2) is 0 Å². The Morgan fingerprint density at radius 1 is 1.62 bits per heavy atom. The first kappa shape index (κ1) is 11.0. The number of carboxylic acids is 1. The minimum atomic E-state index is -0.942. The van der Waals surface area contributed by atoms with Crippen molar-refractivity contribution in [3.05, 3.63) is 29.6 Å². The van der Waals surface area contributed by atoms with Crippen LogP contribution in [-0.4, -0.2) is 40.1 Å². The highest BCUT2D eigenvalue weighted by molar-refractivity contribution is 5.87. The van der Waals surface area contributed by atoms with Crippen LogP contribution in [0.4, 0.5) is 0 Å². The van der Waals surface area contributed by atoms with Crippen molar-refractivity contribution in [2.45, 2.75) is 19.0 Å². The minimum Gasteiger partial charge on any atom is -0.478 e. The second-order valence-electron chi connectivity index (χ2n) is 4.13. The molecule has 2 heterocycles. The van der Waals surface area contributed by atoms with E-state index in [1.165, 1.54) is 6.20 Å². The quantitative estimate of drug-likeness (QED) is 0.768. The largest absolute Gasteiger partial charge is 0.478 e. The summed E-state index contributed by atoms with van der Waals surface area (Å²) in [6.45, 7) is 2.62. The van der Waals surface area contributed by atoms with Gasteiger partial charge in [-0.2, -0.15) is 0 Å². The number of hydrogen-bond acceptors (Lipinski definition) is 4. The highest BCUT2D eigenvalue weighted by atomic mass is 16.4. The zero-order valence-electron chi connectivity index (χ0n) is 8.97. The zero-order valence-corrected chi connectivity index (χ0v) is 8.97. The Morgan fingerprint density at radius 3 is 2.94 bits per heavy atom. The van der Waals surface area contributed by atoms with E-state index in [4.69, 9.17) is 10.8 Å². The molecule has 1 unspecified atom stereocenters. The number of rotatable bonds is 3. The Balaban J connectivity index is 1.97. The SMILES string of the molecule is NC1CCN(Cc2ccc(C(=O)O)cn2)C1. The molecule has 0 spiro atoms. The van der Waals surface area contributed by atoms with E-state index in [0.29, 0.717) is 0 Å². The lowest BCUT2D eigenvalue weighted by Crippen LogP contribution is -2.26. The molecule has 16 heavy (non-hydrogen) atoms. The third-order valence-electron chi connectivity index (χ3n) is 2.77. The van der Waals surface area contributed by atoms with Crippen molar-refractivity contribution in [1.29, 1.82) is 0 Å². The summed E-state index contributed by atoms with van der Waals surface area (Å²) in [5.74, 6) is -0.942. The number of nitrogens with zero attached hydrogens (tertiary/aromatic N) is 2. The fourth-order valence-electron chi connectivity index (χ4n) is 1.88.